The number of halogens is 1. The van der Waals surface area contributed by atoms with E-state index in [2.05, 4.69) is 15.4 Å². The van der Waals surface area contributed by atoms with Gasteiger partial charge in [-0.05, 0) is 6.07 Å². The Balaban J connectivity index is 1.86. The lowest BCUT2D eigenvalue weighted by Crippen LogP contribution is -2.17. The molecule has 0 bridgehead atoms. The van der Waals surface area contributed by atoms with E-state index in [0.29, 0.717) is 17.0 Å². The lowest BCUT2D eigenvalue weighted by molar-refractivity contribution is 0.386. The lowest BCUT2D eigenvalue weighted by atomic mass is 9.89. The molecule has 2 aromatic heterocycles. The Hall–Kier alpha value is -3.49. The predicted molar refractivity (Wildman–Crippen MR) is 90.0 cm³/mol. The van der Waals surface area contributed by atoms with Gasteiger partial charge in [0.1, 0.15) is 0 Å². The number of aromatic amines is 1. The smallest absolute Gasteiger partial charge is 0.242 e. The summed E-state index contributed by atoms with van der Waals surface area (Å²) in [7, 11) is 1.37. The first kappa shape index (κ1) is 15.1. The number of hydrogen-bond acceptors (Lipinski definition) is 7. The molecule has 0 radical (unpaired) electrons. The second-order valence-corrected chi connectivity index (χ2v) is 5.52. The number of fused-ring (bicyclic) bond motifs is 1. The minimum Gasteiger partial charge on any atom is -0.492 e. The van der Waals surface area contributed by atoms with Crippen molar-refractivity contribution in [3.63, 3.8) is 0 Å². The van der Waals surface area contributed by atoms with E-state index in [1.807, 2.05) is 0 Å². The summed E-state index contributed by atoms with van der Waals surface area (Å²) in [4.78, 5) is 1.73. The van der Waals surface area contributed by atoms with Crippen LogP contribution in [0.3, 0.4) is 0 Å². The third-order valence-electron chi connectivity index (χ3n) is 4.15. The molecule has 1 aliphatic heterocycles. The molecule has 5 N–H and O–H groups in total. The van der Waals surface area contributed by atoms with Crippen LogP contribution in [0.4, 0.5) is 27.5 Å². The van der Waals surface area contributed by atoms with Crippen LogP contribution >= 0.6 is 0 Å². The highest BCUT2D eigenvalue weighted by atomic mass is 19.1. The van der Waals surface area contributed by atoms with E-state index < -0.39 is 11.7 Å². The van der Waals surface area contributed by atoms with Crippen molar-refractivity contribution >= 4 is 23.1 Å². The van der Waals surface area contributed by atoms with Gasteiger partial charge in [0.25, 0.3) is 0 Å². The highest BCUT2D eigenvalue weighted by Gasteiger charge is 2.33. The number of H-pyrrole nitrogens is 1. The Morgan fingerprint density at radius 1 is 1.36 bits per heavy atom. The summed E-state index contributed by atoms with van der Waals surface area (Å²) >= 11 is 0. The molecule has 0 saturated heterocycles. The maximum atomic E-state index is 14.9. The fraction of sp³-hybridized carbons (Fsp3) is 0.125. The Morgan fingerprint density at radius 3 is 2.92 bits per heavy atom. The van der Waals surface area contributed by atoms with Crippen LogP contribution in [-0.4, -0.2) is 22.5 Å². The van der Waals surface area contributed by atoms with Gasteiger partial charge in [-0.15, -0.1) is 0 Å². The summed E-state index contributed by atoms with van der Waals surface area (Å²) in [5, 5.41) is 10.5. The maximum absolute atomic E-state index is 14.9. The molecule has 0 fully saturated rings. The molecule has 0 amide bonds. The minimum atomic E-state index is -0.541. The Morgan fingerprint density at radius 2 is 2.20 bits per heavy atom. The van der Waals surface area contributed by atoms with E-state index in [-0.39, 0.29) is 17.3 Å². The number of ether oxygens (including phenoxy) is 1. The van der Waals surface area contributed by atoms with Crippen molar-refractivity contribution < 1.29 is 13.7 Å². The number of aromatic nitrogens is 3. The number of nitrogens with one attached hydrogen (secondary N) is 1. The van der Waals surface area contributed by atoms with Gasteiger partial charge in [-0.1, -0.05) is 17.3 Å². The summed E-state index contributed by atoms with van der Waals surface area (Å²) in [6.45, 7) is 0. The van der Waals surface area contributed by atoms with Gasteiger partial charge in [-0.25, -0.2) is 4.39 Å². The first-order valence-corrected chi connectivity index (χ1v) is 7.45. The average molecular weight is 342 g/mol. The second kappa shape index (κ2) is 5.55. The van der Waals surface area contributed by atoms with Crippen molar-refractivity contribution in [3.05, 3.63) is 53.7 Å². The fourth-order valence-corrected chi connectivity index (χ4v) is 2.97. The van der Waals surface area contributed by atoms with Crippen molar-refractivity contribution in [2.45, 2.75) is 5.92 Å². The molecule has 4 rings (SSSR count). The summed E-state index contributed by atoms with van der Waals surface area (Å²) in [5.41, 5.74) is 13.6. The van der Waals surface area contributed by atoms with Crippen LogP contribution in [-0.2, 0) is 0 Å². The number of rotatable bonds is 3. The van der Waals surface area contributed by atoms with Crippen molar-refractivity contribution in [2.24, 2.45) is 0 Å². The largest absolute Gasteiger partial charge is 0.492 e. The van der Waals surface area contributed by atoms with Gasteiger partial charge >= 0.3 is 0 Å². The summed E-state index contributed by atoms with van der Waals surface area (Å²) in [6.07, 6.45) is 6.88. The number of allylic oxidation sites excluding steroid dienone is 1. The SMILES string of the molecule is COc1c(N)ccc(C2C=CN(c3cn[nH]c3)c3onc(N)c32)c1F. The molecular formula is C16H15FN6O2. The zero-order valence-electron chi connectivity index (χ0n) is 13.2. The van der Waals surface area contributed by atoms with Crippen molar-refractivity contribution in [1.82, 2.24) is 15.4 Å². The molecule has 0 spiro atoms. The van der Waals surface area contributed by atoms with Crippen molar-refractivity contribution in [3.8, 4) is 5.75 Å². The van der Waals surface area contributed by atoms with Gasteiger partial charge in [0.2, 0.25) is 5.88 Å². The van der Waals surface area contributed by atoms with Gasteiger partial charge in [0, 0.05) is 23.9 Å². The molecule has 1 aromatic carbocycles. The van der Waals surface area contributed by atoms with Gasteiger partial charge in [-0.3, -0.25) is 10.00 Å². The fourth-order valence-electron chi connectivity index (χ4n) is 2.97. The van der Waals surface area contributed by atoms with Crippen LogP contribution < -0.4 is 21.1 Å². The maximum Gasteiger partial charge on any atom is 0.242 e. The molecule has 8 nitrogen and oxygen atoms in total. The molecule has 0 saturated carbocycles. The average Bonchev–Trinajstić information content (AvgIpc) is 3.26. The third-order valence-corrected chi connectivity index (χ3v) is 4.15. The third kappa shape index (κ3) is 2.20. The zero-order valence-corrected chi connectivity index (χ0v) is 13.2. The van der Waals surface area contributed by atoms with Gasteiger partial charge in [0.15, 0.2) is 17.4 Å². The van der Waals surface area contributed by atoms with Crippen LogP contribution in [0, 0.1) is 5.82 Å². The van der Waals surface area contributed by atoms with E-state index in [9.17, 15) is 4.39 Å². The zero-order chi connectivity index (χ0) is 17.6. The van der Waals surface area contributed by atoms with Crippen molar-refractivity contribution in [2.75, 3.05) is 23.5 Å². The molecule has 1 unspecified atom stereocenters. The van der Waals surface area contributed by atoms with E-state index >= 15 is 0 Å². The Labute approximate surface area is 141 Å². The van der Waals surface area contributed by atoms with Gasteiger partial charge in [-0.2, -0.15) is 5.10 Å². The first-order chi connectivity index (χ1) is 12.1. The number of nitrogens with two attached hydrogens (primary N) is 2. The highest BCUT2D eigenvalue weighted by molar-refractivity contribution is 5.72. The number of hydrogen-bond donors (Lipinski definition) is 3. The number of nitrogen functional groups attached to an aromatic ring is 2. The van der Waals surface area contributed by atoms with Crippen LogP contribution in [0.5, 0.6) is 5.75 Å². The number of nitrogens with zero attached hydrogens (tertiary/aromatic N) is 3. The highest BCUT2D eigenvalue weighted by Crippen LogP contribution is 2.45. The molecule has 3 aromatic rings. The van der Waals surface area contributed by atoms with Gasteiger partial charge in [0.05, 0.1) is 30.2 Å². The number of anilines is 4. The van der Waals surface area contributed by atoms with Crippen LogP contribution in [0.15, 0.2) is 41.3 Å². The summed E-state index contributed by atoms with van der Waals surface area (Å²) < 4.78 is 25.3. The van der Waals surface area contributed by atoms with E-state index in [1.54, 1.807) is 41.7 Å². The normalized spacial score (nSPS) is 16.1. The van der Waals surface area contributed by atoms with E-state index in [0.717, 1.165) is 5.69 Å². The quantitative estimate of drug-likeness (QED) is 0.626. The predicted octanol–water partition coefficient (Wildman–Crippen LogP) is 2.51. The molecular weight excluding hydrogens is 327 g/mol. The Kier molecular flexibility index (Phi) is 3.34. The van der Waals surface area contributed by atoms with Gasteiger partial charge < -0.3 is 20.7 Å². The molecule has 3 heterocycles. The van der Waals surface area contributed by atoms with Crippen LogP contribution in [0.25, 0.3) is 0 Å². The summed E-state index contributed by atoms with van der Waals surface area (Å²) in [6, 6.07) is 3.20. The second-order valence-electron chi connectivity index (χ2n) is 5.52. The molecule has 128 valence electrons. The van der Waals surface area contributed by atoms with Crippen LogP contribution in [0.2, 0.25) is 0 Å². The molecule has 1 aliphatic rings. The standard InChI is InChI=1S/C16H15FN6O2/c1-24-14-11(18)3-2-10(13(14)17)9-4-5-23(8-6-20-21-7-8)16-12(9)15(19)22-25-16/h2-7,9H,18H2,1H3,(H2,19,22)(H,20,21). The monoisotopic (exact) mass is 342 g/mol. The number of methoxy groups -OCH3 is 1. The summed E-state index contributed by atoms with van der Waals surface area (Å²) in [5.74, 6) is -0.436. The van der Waals surface area contributed by atoms with E-state index in [4.69, 9.17) is 20.7 Å². The molecule has 0 aliphatic carbocycles. The first-order valence-electron chi connectivity index (χ1n) is 7.45. The number of benzene rings is 1. The molecule has 9 heteroatoms. The van der Waals surface area contributed by atoms with E-state index in [1.165, 1.54) is 7.11 Å². The molecule has 1 atom stereocenters. The molecule has 25 heavy (non-hydrogen) atoms. The Bertz CT molecular complexity index is 950. The topological polar surface area (TPSA) is 119 Å². The lowest BCUT2D eigenvalue weighted by Gasteiger charge is -2.25. The minimum absolute atomic E-state index is 0.000241. The van der Waals surface area contributed by atoms with Crippen LogP contribution in [0.1, 0.15) is 17.0 Å². The van der Waals surface area contributed by atoms with Crippen molar-refractivity contribution in [1.29, 1.82) is 0 Å².